The number of carbonyl (C=O) groups is 1. The number of nitrogens with zero attached hydrogens (tertiary/aromatic N) is 1. The fourth-order valence-corrected chi connectivity index (χ4v) is 2.98. The minimum absolute atomic E-state index is 0.0341. The molecule has 0 radical (unpaired) electrons. The van der Waals surface area contributed by atoms with E-state index in [1.165, 1.54) is 0 Å². The van der Waals surface area contributed by atoms with Crippen LogP contribution in [0.4, 0.5) is 0 Å². The summed E-state index contributed by atoms with van der Waals surface area (Å²) in [4.78, 5) is 11.5. The lowest BCUT2D eigenvalue weighted by molar-refractivity contribution is -0.131. The van der Waals surface area contributed by atoms with Crippen LogP contribution >= 0.6 is 0 Å². The van der Waals surface area contributed by atoms with Crippen LogP contribution in [0.2, 0.25) is 0 Å². The lowest BCUT2D eigenvalue weighted by Gasteiger charge is -2.39. The Labute approximate surface area is 87.6 Å². The molecular weight excluding hydrogens is 200 g/mol. The van der Waals surface area contributed by atoms with Gasteiger partial charge in [-0.2, -0.15) is 0 Å². The van der Waals surface area contributed by atoms with E-state index in [9.17, 15) is 9.00 Å². The predicted octanol–water partition coefficient (Wildman–Crippen LogP) is 0.271. The number of carbonyl (C=O) groups excluding carboxylic acids is 1. The van der Waals surface area contributed by atoms with Crippen LogP contribution in [0.25, 0.3) is 0 Å². The molecule has 1 heterocycles. The van der Waals surface area contributed by atoms with Crippen LogP contribution in [0.3, 0.4) is 0 Å². The lowest BCUT2D eigenvalue weighted by atomic mass is 10.0. The Kier molecular flexibility index (Phi) is 3.66. The van der Waals surface area contributed by atoms with Crippen molar-refractivity contribution in [3.8, 4) is 0 Å². The minimum atomic E-state index is -1.02. The minimum Gasteiger partial charge on any atom is -0.353 e. The molecule has 14 heavy (non-hydrogen) atoms. The molecule has 1 rings (SSSR count). The third-order valence-electron chi connectivity index (χ3n) is 2.40. The SMILES string of the molecule is CCCS(=O)N1CCNC(=O)C1(C)C. The zero-order valence-electron chi connectivity index (χ0n) is 9.00. The van der Waals surface area contributed by atoms with Crippen LogP contribution in [-0.2, 0) is 15.8 Å². The highest BCUT2D eigenvalue weighted by Gasteiger charge is 2.40. The first-order chi connectivity index (χ1) is 6.50. The van der Waals surface area contributed by atoms with E-state index in [0.29, 0.717) is 18.8 Å². The third kappa shape index (κ3) is 2.15. The van der Waals surface area contributed by atoms with E-state index < -0.39 is 16.5 Å². The molecular formula is C9H18N2O2S. The second-order valence-electron chi connectivity index (χ2n) is 3.94. The molecule has 0 aliphatic carbocycles. The van der Waals surface area contributed by atoms with E-state index in [2.05, 4.69) is 5.32 Å². The number of hydrogen-bond acceptors (Lipinski definition) is 2. The summed E-state index contributed by atoms with van der Waals surface area (Å²) in [5.74, 6) is 0.602. The molecule has 1 aliphatic heterocycles. The van der Waals surface area contributed by atoms with Crippen molar-refractivity contribution in [1.82, 2.24) is 9.62 Å². The fourth-order valence-electron chi connectivity index (χ4n) is 1.52. The first-order valence-corrected chi connectivity index (χ1v) is 6.22. The van der Waals surface area contributed by atoms with Crippen LogP contribution in [0, 0.1) is 0 Å². The van der Waals surface area contributed by atoms with Gasteiger partial charge in [0.15, 0.2) is 0 Å². The van der Waals surface area contributed by atoms with Gasteiger partial charge in [0, 0.05) is 18.8 Å². The van der Waals surface area contributed by atoms with Crippen LogP contribution < -0.4 is 5.32 Å². The molecule has 4 nitrogen and oxygen atoms in total. The van der Waals surface area contributed by atoms with Gasteiger partial charge in [0.25, 0.3) is 0 Å². The van der Waals surface area contributed by atoms with Crippen LogP contribution in [0.15, 0.2) is 0 Å². The number of hydrogen-bond donors (Lipinski definition) is 1. The normalized spacial score (nSPS) is 24.4. The fraction of sp³-hybridized carbons (Fsp3) is 0.889. The Bertz CT molecular complexity index is 253. The van der Waals surface area contributed by atoms with E-state index in [-0.39, 0.29) is 5.91 Å². The van der Waals surface area contributed by atoms with Gasteiger partial charge in [-0.3, -0.25) is 4.79 Å². The van der Waals surface area contributed by atoms with E-state index >= 15 is 0 Å². The molecule has 1 atom stereocenters. The van der Waals surface area contributed by atoms with E-state index in [4.69, 9.17) is 0 Å². The topological polar surface area (TPSA) is 49.4 Å². The number of piperazine rings is 1. The van der Waals surface area contributed by atoms with Gasteiger partial charge >= 0.3 is 0 Å². The highest BCUT2D eigenvalue weighted by molar-refractivity contribution is 7.82. The molecule has 1 aliphatic rings. The van der Waals surface area contributed by atoms with Crippen molar-refractivity contribution in [2.75, 3.05) is 18.8 Å². The second-order valence-corrected chi connectivity index (χ2v) is 5.43. The Morgan fingerprint density at radius 1 is 1.57 bits per heavy atom. The van der Waals surface area contributed by atoms with Gasteiger partial charge in [0.2, 0.25) is 5.91 Å². The molecule has 82 valence electrons. The van der Waals surface area contributed by atoms with Crippen molar-refractivity contribution in [2.24, 2.45) is 0 Å². The predicted molar refractivity (Wildman–Crippen MR) is 57.1 cm³/mol. The van der Waals surface area contributed by atoms with Crippen molar-refractivity contribution in [2.45, 2.75) is 32.7 Å². The van der Waals surface area contributed by atoms with Gasteiger partial charge in [-0.25, -0.2) is 8.51 Å². The largest absolute Gasteiger partial charge is 0.353 e. The molecule has 0 aromatic rings. The van der Waals surface area contributed by atoms with Gasteiger partial charge in [0.1, 0.15) is 5.54 Å². The standard InChI is InChI=1S/C9H18N2O2S/c1-4-7-14(13)11-6-5-10-8(12)9(11,2)3/h4-7H2,1-3H3,(H,10,12). The maximum absolute atomic E-state index is 11.8. The van der Waals surface area contributed by atoms with Crippen molar-refractivity contribution in [3.05, 3.63) is 0 Å². The summed E-state index contributed by atoms with van der Waals surface area (Å²) in [6.07, 6.45) is 0.876. The van der Waals surface area contributed by atoms with E-state index in [0.717, 1.165) is 6.42 Å². The first kappa shape index (κ1) is 11.7. The van der Waals surface area contributed by atoms with Crippen molar-refractivity contribution >= 4 is 16.9 Å². The maximum Gasteiger partial charge on any atom is 0.240 e. The molecule has 0 aromatic heterocycles. The number of amides is 1. The molecule has 1 amide bonds. The summed E-state index contributed by atoms with van der Waals surface area (Å²) in [7, 11) is -1.02. The quantitative estimate of drug-likeness (QED) is 0.739. The summed E-state index contributed by atoms with van der Waals surface area (Å²) in [5, 5.41) is 2.78. The van der Waals surface area contributed by atoms with Crippen LogP contribution in [0.1, 0.15) is 27.2 Å². The lowest BCUT2D eigenvalue weighted by Crippen LogP contribution is -2.62. The molecule has 0 spiro atoms. The summed E-state index contributed by atoms with van der Waals surface area (Å²) in [5.41, 5.74) is -0.641. The Morgan fingerprint density at radius 3 is 2.79 bits per heavy atom. The van der Waals surface area contributed by atoms with Gasteiger partial charge in [-0.1, -0.05) is 6.92 Å². The van der Waals surface area contributed by atoms with Gasteiger partial charge in [-0.05, 0) is 20.3 Å². The summed E-state index contributed by atoms with van der Waals surface area (Å²) in [6, 6.07) is 0. The molecule has 0 aromatic carbocycles. The van der Waals surface area contributed by atoms with Gasteiger partial charge in [0.05, 0.1) is 11.0 Å². The smallest absolute Gasteiger partial charge is 0.240 e. The molecule has 5 heteroatoms. The zero-order valence-corrected chi connectivity index (χ0v) is 9.82. The highest BCUT2D eigenvalue weighted by Crippen LogP contribution is 2.19. The average Bonchev–Trinajstić information content (AvgIpc) is 2.10. The Hall–Kier alpha value is -0.420. The molecule has 1 saturated heterocycles. The van der Waals surface area contributed by atoms with Gasteiger partial charge < -0.3 is 5.32 Å². The molecule has 1 unspecified atom stereocenters. The maximum atomic E-state index is 11.8. The van der Waals surface area contributed by atoms with Crippen LogP contribution in [0.5, 0.6) is 0 Å². The second kappa shape index (κ2) is 4.40. The first-order valence-electron chi connectivity index (χ1n) is 4.94. The van der Waals surface area contributed by atoms with Crippen molar-refractivity contribution in [3.63, 3.8) is 0 Å². The van der Waals surface area contributed by atoms with Crippen molar-refractivity contribution < 1.29 is 9.00 Å². The summed E-state index contributed by atoms with van der Waals surface area (Å²) < 4.78 is 13.6. The van der Waals surface area contributed by atoms with E-state index in [1.807, 2.05) is 20.8 Å². The Morgan fingerprint density at radius 2 is 2.21 bits per heavy atom. The number of rotatable bonds is 3. The molecule has 1 N–H and O–H groups in total. The number of nitrogens with one attached hydrogen (secondary N) is 1. The van der Waals surface area contributed by atoms with Gasteiger partial charge in [-0.15, -0.1) is 0 Å². The zero-order chi connectivity index (χ0) is 10.8. The van der Waals surface area contributed by atoms with E-state index in [1.54, 1.807) is 4.31 Å². The summed E-state index contributed by atoms with van der Waals surface area (Å²) >= 11 is 0. The van der Waals surface area contributed by atoms with Crippen LogP contribution in [-0.4, -0.2) is 38.8 Å². The Balaban J connectivity index is 2.76. The van der Waals surface area contributed by atoms with Crippen molar-refractivity contribution in [1.29, 1.82) is 0 Å². The monoisotopic (exact) mass is 218 g/mol. The summed E-state index contributed by atoms with van der Waals surface area (Å²) in [6.45, 7) is 6.89. The third-order valence-corrected chi connectivity index (χ3v) is 4.29. The average molecular weight is 218 g/mol. The highest BCUT2D eigenvalue weighted by atomic mass is 32.2. The molecule has 0 bridgehead atoms. The molecule has 0 saturated carbocycles. The molecule has 1 fully saturated rings.